The maximum absolute atomic E-state index is 5.60. The van der Waals surface area contributed by atoms with Gasteiger partial charge < -0.3 is 13.9 Å². The molecule has 0 aliphatic carbocycles. The number of benzene rings is 2. The van der Waals surface area contributed by atoms with Gasteiger partial charge in [0.25, 0.3) is 0 Å². The lowest BCUT2D eigenvalue weighted by atomic mass is 10.1. The predicted octanol–water partition coefficient (Wildman–Crippen LogP) is 4.65. The van der Waals surface area contributed by atoms with Gasteiger partial charge in [0.1, 0.15) is 5.65 Å². The normalized spacial score (nSPS) is 11.2. The van der Waals surface area contributed by atoms with Gasteiger partial charge in [-0.3, -0.25) is 4.90 Å². The van der Waals surface area contributed by atoms with Crippen LogP contribution in [-0.4, -0.2) is 35.6 Å². The van der Waals surface area contributed by atoms with Crippen LogP contribution < -0.4 is 9.47 Å². The summed E-state index contributed by atoms with van der Waals surface area (Å²) in [7, 11) is 5.45. The van der Waals surface area contributed by atoms with Crippen LogP contribution in [0.15, 0.2) is 72.9 Å². The van der Waals surface area contributed by atoms with Crippen LogP contribution in [0.2, 0.25) is 0 Å². The molecule has 2 aromatic carbocycles. The number of fused-ring (bicyclic) bond motifs is 1. The van der Waals surface area contributed by atoms with Crippen LogP contribution in [0.4, 0.5) is 0 Å². The molecule has 0 radical (unpaired) electrons. The van der Waals surface area contributed by atoms with Gasteiger partial charge in [-0.2, -0.15) is 0 Å². The lowest BCUT2D eigenvalue weighted by molar-refractivity contribution is 0.300. The summed E-state index contributed by atoms with van der Waals surface area (Å²) in [6.07, 6.45) is 2.07. The van der Waals surface area contributed by atoms with Crippen LogP contribution in [-0.2, 0) is 13.1 Å². The van der Waals surface area contributed by atoms with Gasteiger partial charge in [0.2, 0.25) is 0 Å². The van der Waals surface area contributed by atoms with Gasteiger partial charge in [-0.15, -0.1) is 0 Å². The van der Waals surface area contributed by atoms with Gasteiger partial charge in [0.15, 0.2) is 11.5 Å². The second-order valence-electron chi connectivity index (χ2n) is 7.03. The van der Waals surface area contributed by atoms with Crippen molar-refractivity contribution in [3.63, 3.8) is 0 Å². The van der Waals surface area contributed by atoms with Crippen molar-refractivity contribution in [1.29, 1.82) is 0 Å². The molecule has 0 bridgehead atoms. The Morgan fingerprint density at radius 2 is 1.66 bits per heavy atom. The lowest BCUT2D eigenvalue weighted by Crippen LogP contribution is -2.19. The number of methoxy groups -OCH3 is 2. The SMILES string of the molecule is COc1cccc(CN(C)Cc2c(-c3ccccc3)nc3ccccn23)c1OC. The van der Waals surface area contributed by atoms with Gasteiger partial charge in [-0.25, -0.2) is 4.98 Å². The van der Waals surface area contributed by atoms with Crippen LogP contribution >= 0.6 is 0 Å². The van der Waals surface area contributed by atoms with Crippen molar-refractivity contribution in [3.05, 3.63) is 84.2 Å². The molecular formula is C24H25N3O2. The minimum Gasteiger partial charge on any atom is -0.493 e. The summed E-state index contributed by atoms with van der Waals surface area (Å²) in [5, 5.41) is 0. The quantitative estimate of drug-likeness (QED) is 0.463. The number of para-hydroxylation sites is 1. The number of aromatic nitrogens is 2. The van der Waals surface area contributed by atoms with E-state index in [2.05, 4.69) is 40.7 Å². The fourth-order valence-electron chi connectivity index (χ4n) is 3.71. The van der Waals surface area contributed by atoms with E-state index in [-0.39, 0.29) is 0 Å². The van der Waals surface area contributed by atoms with Crippen LogP contribution in [0.25, 0.3) is 16.9 Å². The highest BCUT2D eigenvalue weighted by Gasteiger charge is 2.17. The molecule has 0 spiro atoms. The number of hydrogen-bond donors (Lipinski definition) is 0. The zero-order valence-corrected chi connectivity index (χ0v) is 17.0. The zero-order chi connectivity index (χ0) is 20.2. The smallest absolute Gasteiger partial charge is 0.165 e. The number of nitrogens with zero attached hydrogens (tertiary/aromatic N) is 3. The Labute approximate surface area is 171 Å². The average Bonchev–Trinajstić information content (AvgIpc) is 3.12. The topological polar surface area (TPSA) is 39.0 Å². The van der Waals surface area contributed by atoms with Gasteiger partial charge in [0.05, 0.1) is 25.6 Å². The molecule has 0 fully saturated rings. The summed E-state index contributed by atoms with van der Waals surface area (Å²) < 4.78 is 13.2. The lowest BCUT2D eigenvalue weighted by Gasteiger charge is -2.20. The maximum Gasteiger partial charge on any atom is 0.165 e. The van der Waals surface area contributed by atoms with E-state index in [1.54, 1.807) is 14.2 Å². The van der Waals surface area contributed by atoms with Crippen LogP contribution in [0.3, 0.4) is 0 Å². The largest absolute Gasteiger partial charge is 0.493 e. The zero-order valence-electron chi connectivity index (χ0n) is 17.0. The summed E-state index contributed by atoms with van der Waals surface area (Å²) in [5.74, 6) is 1.53. The molecule has 0 atom stereocenters. The first kappa shape index (κ1) is 19.0. The van der Waals surface area contributed by atoms with Crippen LogP contribution in [0.5, 0.6) is 11.5 Å². The molecule has 148 valence electrons. The fourth-order valence-corrected chi connectivity index (χ4v) is 3.71. The van der Waals surface area contributed by atoms with Gasteiger partial charge in [-0.05, 0) is 25.2 Å². The Bertz CT molecular complexity index is 1110. The van der Waals surface area contributed by atoms with Gasteiger partial charge >= 0.3 is 0 Å². The van der Waals surface area contributed by atoms with Gasteiger partial charge in [-0.1, -0.05) is 48.5 Å². The van der Waals surface area contributed by atoms with E-state index in [1.165, 1.54) is 0 Å². The standard InChI is InChI=1S/C24H25N3O2/c1-26(16-19-12-9-13-21(28-2)24(19)29-3)17-20-23(18-10-5-4-6-11-18)25-22-14-7-8-15-27(20)22/h4-15H,16-17H2,1-3H3. The van der Waals surface area contributed by atoms with Crippen molar-refractivity contribution in [2.24, 2.45) is 0 Å². The molecule has 5 nitrogen and oxygen atoms in total. The molecule has 5 heteroatoms. The molecule has 0 saturated carbocycles. The van der Waals surface area contributed by atoms with Crippen LogP contribution in [0, 0.1) is 0 Å². The molecule has 0 aliphatic heterocycles. The average molecular weight is 387 g/mol. The first-order valence-corrected chi connectivity index (χ1v) is 9.61. The monoisotopic (exact) mass is 387 g/mol. The molecule has 0 saturated heterocycles. The number of rotatable bonds is 7. The summed E-state index contributed by atoms with van der Waals surface area (Å²) in [6.45, 7) is 1.48. The van der Waals surface area contributed by atoms with E-state index >= 15 is 0 Å². The number of hydrogen-bond acceptors (Lipinski definition) is 4. The predicted molar refractivity (Wildman–Crippen MR) is 115 cm³/mol. The minimum absolute atomic E-state index is 0.731. The number of pyridine rings is 1. The minimum atomic E-state index is 0.731. The Kier molecular flexibility index (Phi) is 5.49. The Hall–Kier alpha value is -3.31. The summed E-state index contributed by atoms with van der Waals surface area (Å²) in [5.41, 5.74) is 5.34. The van der Waals surface area contributed by atoms with Crippen molar-refractivity contribution < 1.29 is 9.47 Å². The molecule has 0 aliphatic rings. The molecule has 0 amide bonds. The third-order valence-electron chi connectivity index (χ3n) is 5.02. The van der Waals surface area contributed by atoms with Crippen molar-refractivity contribution >= 4 is 5.65 Å². The molecule has 0 unspecified atom stereocenters. The highest BCUT2D eigenvalue weighted by Crippen LogP contribution is 2.32. The summed E-state index contributed by atoms with van der Waals surface area (Å²) in [6, 6.07) is 22.4. The van der Waals surface area contributed by atoms with Crippen molar-refractivity contribution in [3.8, 4) is 22.8 Å². The molecular weight excluding hydrogens is 362 g/mol. The molecule has 2 heterocycles. The Morgan fingerprint density at radius 3 is 2.41 bits per heavy atom. The van der Waals surface area contributed by atoms with Crippen LogP contribution in [0.1, 0.15) is 11.3 Å². The Morgan fingerprint density at radius 1 is 0.862 bits per heavy atom. The fraction of sp³-hybridized carbons (Fsp3) is 0.208. The summed E-state index contributed by atoms with van der Waals surface area (Å²) in [4.78, 5) is 7.16. The third kappa shape index (κ3) is 3.82. The Balaban J connectivity index is 1.68. The van der Waals surface area contributed by atoms with E-state index < -0.39 is 0 Å². The van der Waals surface area contributed by atoms with E-state index in [1.807, 2.05) is 48.5 Å². The van der Waals surface area contributed by atoms with Crippen molar-refractivity contribution in [2.45, 2.75) is 13.1 Å². The number of ether oxygens (including phenoxy) is 2. The van der Waals surface area contributed by atoms with Gasteiger partial charge in [0, 0.05) is 30.4 Å². The second kappa shape index (κ2) is 8.37. The molecule has 0 N–H and O–H groups in total. The highest BCUT2D eigenvalue weighted by molar-refractivity contribution is 5.66. The van der Waals surface area contributed by atoms with Crippen molar-refractivity contribution in [1.82, 2.24) is 14.3 Å². The van der Waals surface area contributed by atoms with E-state index in [9.17, 15) is 0 Å². The first-order chi connectivity index (χ1) is 14.2. The molecule has 2 aromatic heterocycles. The van der Waals surface area contributed by atoms with E-state index in [0.717, 1.165) is 52.8 Å². The van der Waals surface area contributed by atoms with E-state index in [0.29, 0.717) is 0 Å². The maximum atomic E-state index is 5.60. The molecule has 4 aromatic rings. The van der Waals surface area contributed by atoms with Crippen molar-refractivity contribution in [2.75, 3.05) is 21.3 Å². The molecule has 4 rings (SSSR count). The highest BCUT2D eigenvalue weighted by atomic mass is 16.5. The summed E-state index contributed by atoms with van der Waals surface area (Å²) >= 11 is 0. The van der Waals surface area contributed by atoms with E-state index in [4.69, 9.17) is 14.5 Å². The number of imidazole rings is 1. The first-order valence-electron chi connectivity index (χ1n) is 9.61. The third-order valence-corrected chi connectivity index (χ3v) is 5.02. The second-order valence-corrected chi connectivity index (χ2v) is 7.03. The molecule has 29 heavy (non-hydrogen) atoms.